The van der Waals surface area contributed by atoms with E-state index in [-0.39, 0.29) is 90.5 Å². The van der Waals surface area contributed by atoms with Crippen LogP contribution in [0.4, 0.5) is 5.69 Å². The summed E-state index contributed by atoms with van der Waals surface area (Å²) in [6, 6.07) is 56.5. The van der Waals surface area contributed by atoms with Gasteiger partial charge in [0.1, 0.15) is 0 Å². The van der Waals surface area contributed by atoms with E-state index in [1.54, 1.807) is 6.20 Å². The molecule has 0 fully saturated rings. The number of benzene rings is 6. The first-order valence-corrected chi connectivity index (χ1v) is 37.2. The van der Waals surface area contributed by atoms with Gasteiger partial charge in [0.15, 0.2) is 0 Å². The van der Waals surface area contributed by atoms with Gasteiger partial charge in [-0.3, -0.25) is 10.1 Å². The predicted molar refractivity (Wildman–Crippen MR) is 448 cm³/mol. The average Bonchev–Trinajstić information content (AvgIpc) is 0.833. The van der Waals surface area contributed by atoms with E-state index < -0.39 is 0 Å². The molecule has 0 saturated heterocycles. The number of nitrogens with one attached hydrogen (secondary N) is 6. The Morgan fingerprint density at radius 2 is 0.598 bits per heavy atom. The fraction of sp³-hybridized carbons (Fsp3) is 0.500. The number of allylic oxidation sites excluding steroid dienone is 2. The molecule has 0 aliphatic heterocycles. The third-order valence-electron chi connectivity index (χ3n) is 16.9. The van der Waals surface area contributed by atoms with Crippen molar-refractivity contribution in [1.82, 2.24) is 31.6 Å². The average molecular weight is 1390 g/mol. The second-order valence-electron chi connectivity index (χ2n) is 37.9. The first-order chi connectivity index (χ1) is 46.5. The van der Waals surface area contributed by atoms with Crippen molar-refractivity contribution in [3.63, 3.8) is 0 Å². The maximum absolute atomic E-state index is 12.3. The van der Waals surface area contributed by atoms with Crippen molar-refractivity contribution in [2.24, 2.45) is 0 Å². The van der Waals surface area contributed by atoms with Crippen molar-refractivity contribution in [2.75, 3.05) is 5.73 Å². The number of rotatable bonds is 14. The summed E-state index contributed by atoms with van der Waals surface area (Å²) in [7, 11) is 0. The van der Waals surface area contributed by atoms with E-state index in [0.29, 0.717) is 0 Å². The quantitative estimate of drug-likeness (QED) is 0.0329. The molecule has 7 aromatic rings. The van der Waals surface area contributed by atoms with Crippen molar-refractivity contribution < 1.29 is 0 Å². The van der Waals surface area contributed by atoms with Gasteiger partial charge in [-0.05, 0) is 224 Å². The van der Waals surface area contributed by atoms with Gasteiger partial charge < -0.3 is 32.0 Å². The third-order valence-corrected chi connectivity index (χ3v) is 16.9. The van der Waals surface area contributed by atoms with E-state index in [1.807, 2.05) is 24.3 Å². The van der Waals surface area contributed by atoms with Gasteiger partial charge in [0, 0.05) is 45.1 Å². The lowest BCUT2D eigenvalue weighted by Crippen LogP contribution is -2.41. The largest absolute Gasteiger partial charge is 0.399 e. The van der Waals surface area contributed by atoms with Gasteiger partial charge in [-0.1, -0.05) is 274 Å². The van der Waals surface area contributed by atoms with E-state index in [4.69, 9.17) is 12.2 Å². The lowest BCUT2D eigenvalue weighted by molar-refractivity contribution is 0.389. The third kappa shape index (κ3) is 32.7. The van der Waals surface area contributed by atoms with Crippen LogP contribution in [-0.2, 0) is 27.1 Å². The van der Waals surface area contributed by atoms with Gasteiger partial charge in [-0.2, -0.15) is 0 Å². The summed E-state index contributed by atoms with van der Waals surface area (Å²) in [5, 5.41) is 18.0. The van der Waals surface area contributed by atoms with Crippen molar-refractivity contribution in [1.29, 1.82) is 0 Å². The molecule has 0 bridgehead atoms. The van der Waals surface area contributed by atoms with Gasteiger partial charge >= 0.3 is 0 Å². The number of anilines is 1. The van der Waals surface area contributed by atoms with Crippen LogP contribution in [0.1, 0.15) is 319 Å². The molecule has 0 amide bonds. The zero-order valence-electron chi connectivity index (χ0n) is 69.8. The summed E-state index contributed by atoms with van der Waals surface area (Å²) in [6.45, 7) is 70.1. The Kier molecular flexibility index (Phi) is 32.4. The smallest absolute Gasteiger partial charge is 0.253 e. The molecule has 1 aromatic heterocycles. The second kappa shape index (κ2) is 37.1. The number of aromatic nitrogens is 1. The molecule has 5 atom stereocenters. The van der Waals surface area contributed by atoms with E-state index in [0.717, 1.165) is 22.4 Å². The predicted octanol–water partition coefficient (Wildman–Crippen LogP) is 23.2. The fourth-order valence-corrected chi connectivity index (χ4v) is 11.3. The summed E-state index contributed by atoms with van der Waals surface area (Å²) < 4.78 is 0. The number of terminal acetylenes is 1. The minimum absolute atomic E-state index is 0.0136. The van der Waals surface area contributed by atoms with Crippen molar-refractivity contribution in [3.8, 4) is 12.3 Å². The van der Waals surface area contributed by atoms with Crippen LogP contribution in [0.3, 0.4) is 0 Å². The topological polar surface area (TPSA) is 119 Å². The van der Waals surface area contributed by atoms with Crippen LogP contribution in [0.2, 0.25) is 0 Å². The van der Waals surface area contributed by atoms with Gasteiger partial charge in [0.05, 0.1) is 30.2 Å². The van der Waals surface area contributed by atoms with E-state index in [9.17, 15) is 4.79 Å². The highest BCUT2D eigenvalue weighted by Gasteiger charge is 2.27. The number of aromatic amines is 1. The maximum atomic E-state index is 12.3. The minimum atomic E-state index is -0.131. The Balaban J connectivity index is 0.000000333. The molecule has 0 aliphatic rings. The number of hydrogen-bond acceptors (Lipinski definition) is 7. The Labute approximate surface area is 623 Å². The molecular formula is C94H141N7O. The fourth-order valence-electron chi connectivity index (χ4n) is 11.3. The molecule has 0 saturated carbocycles. The maximum Gasteiger partial charge on any atom is 0.253 e. The molecule has 7 rings (SSSR count). The molecular weight excluding hydrogens is 1240 g/mol. The summed E-state index contributed by atoms with van der Waals surface area (Å²) in [5.41, 5.74) is 22.5. The molecule has 102 heavy (non-hydrogen) atoms. The SMILES string of the molecule is C#C[C@H](NC(C)(C)C)c1ccc(C(C)(C)C)cc1.C/C=C/[C@H](NC(C)(C)C)c1ccc(C(C)(C)C)cc1.C/C=C\[C@H](NC(C)(C)C)c1ccc(C(C)(C)C)cc1.CC(C)(C)N[C@@H](c1ccc(N)cc1)c1ccc(C(C)(C)C)cc1.CC(C)(C)N[C@H](c1ccc(C(C)(C)C)cc1)c1ccc[nH]c1=O. The zero-order chi connectivity index (χ0) is 77.8. The second-order valence-corrected chi connectivity index (χ2v) is 37.9. The van der Waals surface area contributed by atoms with Gasteiger partial charge in [0.25, 0.3) is 5.56 Å². The standard InChI is InChI=1S/C21H30N2.C20H28N2O.2C18H29N.C17H25N/c1-20(2,3)17-11-7-15(8-12-17)19(23-21(4,5)6)16-9-13-18(22)14-10-16;1-19(2,3)15-11-9-14(10-12-15)17(22-20(4,5)6)16-8-7-13-21-18(16)23;2*1-8-9-16(19-18(5,6)7)14-10-12-15(13-11-14)17(2,3)4;1-8-15(18-17(5,6)7)13-9-11-14(12-10-13)16(2,3)4/h7-14,19,23H,22H2,1-6H3;7-13,17,22H,1-6H3,(H,21,23);2*8-13,16,19H,1-7H3;1,9-12,15,18H,2-7H3/b;;9-8+;9-8-;/t19-;17-;2*16-;15-/m11000/s1. The monoisotopic (exact) mass is 1380 g/mol. The molecule has 0 spiro atoms. The zero-order valence-corrected chi connectivity index (χ0v) is 69.8. The molecule has 8 heteroatoms. The van der Waals surface area contributed by atoms with Crippen LogP contribution in [0, 0.1) is 12.3 Å². The van der Waals surface area contributed by atoms with Crippen LogP contribution in [-0.4, -0.2) is 32.7 Å². The normalized spacial score (nSPS) is 14.3. The summed E-state index contributed by atoms with van der Waals surface area (Å²) in [4.78, 5) is 15.0. The summed E-state index contributed by atoms with van der Waals surface area (Å²) in [6.07, 6.45) is 16.0. The van der Waals surface area contributed by atoms with E-state index >= 15 is 0 Å². The van der Waals surface area contributed by atoms with Crippen molar-refractivity contribution in [3.05, 3.63) is 265 Å². The molecule has 0 radical (unpaired) electrons. The molecule has 8 N–H and O–H groups in total. The first kappa shape index (κ1) is 89.1. The molecule has 0 aliphatic carbocycles. The highest BCUT2D eigenvalue weighted by Crippen LogP contribution is 2.33. The van der Waals surface area contributed by atoms with Crippen LogP contribution in [0.15, 0.2) is 193 Å². The Bertz CT molecular complexity index is 3650. The van der Waals surface area contributed by atoms with Gasteiger partial charge in [-0.25, -0.2) is 0 Å². The summed E-state index contributed by atoms with van der Waals surface area (Å²) >= 11 is 0. The number of H-pyrrole nitrogens is 1. The van der Waals surface area contributed by atoms with Crippen LogP contribution >= 0.6 is 0 Å². The van der Waals surface area contributed by atoms with Crippen LogP contribution in [0.25, 0.3) is 0 Å². The highest BCUT2D eigenvalue weighted by molar-refractivity contribution is 5.44. The Hall–Kier alpha value is -7.09. The molecule has 8 nitrogen and oxygen atoms in total. The lowest BCUT2D eigenvalue weighted by atomic mass is 9.85. The van der Waals surface area contributed by atoms with Gasteiger partial charge in [0.2, 0.25) is 0 Å². The Morgan fingerprint density at radius 3 is 0.853 bits per heavy atom. The molecule has 6 aromatic carbocycles. The number of hydrogen-bond donors (Lipinski definition) is 7. The molecule has 1 heterocycles. The number of pyridine rings is 1. The molecule has 0 unspecified atom stereocenters. The molecule has 558 valence electrons. The number of nitrogen functional groups attached to an aromatic ring is 1. The highest BCUT2D eigenvalue weighted by atomic mass is 16.1. The lowest BCUT2D eigenvalue weighted by Gasteiger charge is -2.30. The van der Waals surface area contributed by atoms with Crippen molar-refractivity contribution >= 4 is 5.69 Å². The number of nitrogens with two attached hydrogens (primary N) is 1. The van der Waals surface area contributed by atoms with Gasteiger partial charge in [-0.15, -0.1) is 6.42 Å². The first-order valence-electron chi connectivity index (χ1n) is 37.2. The minimum Gasteiger partial charge on any atom is -0.399 e. The summed E-state index contributed by atoms with van der Waals surface area (Å²) in [5.74, 6) is 2.82. The van der Waals surface area contributed by atoms with Crippen LogP contribution < -0.4 is 37.9 Å². The van der Waals surface area contributed by atoms with Crippen LogP contribution in [0.5, 0.6) is 0 Å². The van der Waals surface area contributed by atoms with E-state index in [1.165, 1.54) is 50.1 Å². The Morgan fingerprint density at radius 1 is 0.343 bits per heavy atom. The van der Waals surface area contributed by atoms with Crippen molar-refractivity contribution in [2.45, 2.75) is 307 Å². The van der Waals surface area contributed by atoms with E-state index in [2.05, 4.69) is 417 Å².